The summed E-state index contributed by atoms with van der Waals surface area (Å²) in [6, 6.07) is 0.985. The quantitative estimate of drug-likeness (QED) is 0.613. The molecule has 12 heavy (non-hydrogen) atoms. The number of nitrogens with two attached hydrogens (primary N) is 1. The first-order valence-electron chi connectivity index (χ1n) is 3.69. The molecule has 0 aromatic carbocycles. The molecule has 0 amide bonds. The molecule has 1 aromatic heterocycles. The van der Waals surface area contributed by atoms with Crippen molar-refractivity contribution in [3.63, 3.8) is 0 Å². The summed E-state index contributed by atoms with van der Waals surface area (Å²) < 4.78 is 24.6. The highest BCUT2D eigenvalue weighted by Crippen LogP contribution is 2.12. The molecule has 0 aliphatic rings. The summed E-state index contributed by atoms with van der Waals surface area (Å²) in [5.74, 6) is -1.74. The van der Waals surface area contributed by atoms with Crippen LogP contribution < -0.4 is 5.73 Å². The maximum atomic E-state index is 12.4. The summed E-state index contributed by atoms with van der Waals surface area (Å²) in [7, 11) is 0. The van der Waals surface area contributed by atoms with Gasteiger partial charge in [0.25, 0.3) is 0 Å². The predicted molar refractivity (Wildman–Crippen MR) is 44.7 cm³/mol. The van der Waals surface area contributed by atoms with Crippen LogP contribution in [-0.2, 0) is 0 Å². The Morgan fingerprint density at radius 1 is 1.33 bits per heavy atom. The average molecular weight is 174 g/mol. The Labute approximate surface area is 70.4 Å². The summed E-state index contributed by atoms with van der Waals surface area (Å²) in [4.78, 5) is 2.92. The van der Waals surface area contributed by atoms with E-state index in [1.807, 2.05) is 13.8 Å². The molecule has 0 radical (unpaired) electrons. The lowest BCUT2D eigenvalue weighted by molar-refractivity contribution is 0.508. The molecule has 4 heteroatoms. The van der Waals surface area contributed by atoms with Gasteiger partial charge in [0.1, 0.15) is 0 Å². The van der Waals surface area contributed by atoms with Crippen LogP contribution in [0.2, 0.25) is 0 Å². The van der Waals surface area contributed by atoms with Crippen molar-refractivity contribution in [2.45, 2.75) is 20.8 Å². The van der Waals surface area contributed by atoms with Crippen molar-refractivity contribution in [1.82, 2.24) is 4.98 Å². The average Bonchev–Trinajstić information content (AvgIpc) is 2.04. The number of nitrogens with zero attached hydrogens (tertiary/aromatic N) is 1. The van der Waals surface area contributed by atoms with Crippen molar-refractivity contribution in [2.75, 3.05) is 5.73 Å². The van der Waals surface area contributed by atoms with Crippen LogP contribution >= 0.6 is 0 Å². The van der Waals surface area contributed by atoms with Gasteiger partial charge in [0.15, 0.2) is 0 Å². The highest BCUT2D eigenvalue weighted by atomic mass is 19.1. The number of aromatic nitrogens is 1. The Morgan fingerprint density at radius 2 is 1.83 bits per heavy atom. The highest BCUT2D eigenvalue weighted by molar-refractivity contribution is 5.44. The maximum absolute atomic E-state index is 12.4. The van der Waals surface area contributed by atoms with Gasteiger partial charge < -0.3 is 5.73 Å². The molecule has 0 saturated heterocycles. The van der Waals surface area contributed by atoms with E-state index in [-0.39, 0.29) is 11.3 Å². The lowest BCUT2D eigenvalue weighted by atomic mass is 10.2. The zero-order valence-corrected chi connectivity index (χ0v) is 7.36. The summed E-state index contributed by atoms with van der Waals surface area (Å²) in [5, 5.41) is 0. The Balaban J connectivity index is 0.000000561. The number of hydrogen-bond acceptors (Lipinski definition) is 2. The molecule has 0 atom stereocenters. The van der Waals surface area contributed by atoms with Crippen molar-refractivity contribution >= 4 is 5.69 Å². The minimum Gasteiger partial charge on any atom is -0.398 e. The molecule has 0 saturated carbocycles. The fourth-order valence-electron chi connectivity index (χ4n) is 0.566. The zero-order chi connectivity index (χ0) is 9.72. The minimum atomic E-state index is -0.888. The standard InChI is InChI=1S/C6H6F2N2.C2H6/c1-3-4(9)2-5(7)10-6(3)8;1-2/h2H,1H3,(H2,9,10);1-2H3. The maximum Gasteiger partial charge on any atom is 0.220 e. The van der Waals surface area contributed by atoms with Crippen molar-refractivity contribution in [3.8, 4) is 0 Å². The normalized spacial score (nSPS) is 8.75. The van der Waals surface area contributed by atoms with E-state index in [4.69, 9.17) is 5.73 Å². The third-order valence-electron chi connectivity index (χ3n) is 1.22. The first kappa shape index (κ1) is 10.8. The van der Waals surface area contributed by atoms with Crippen LogP contribution in [0.3, 0.4) is 0 Å². The molecule has 2 N–H and O–H groups in total. The third kappa shape index (κ3) is 2.45. The summed E-state index contributed by atoms with van der Waals surface area (Å²) in [6.45, 7) is 5.44. The number of halogens is 2. The van der Waals surface area contributed by atoms with E-state index in [9.17, 15) is 8.78 Å². The van der Waals surface area contributed by atoms with Gasteiger partial charge in [-0.25, -0.2) is 0 Å². The number of hydrogen-bond donors (Lipinski definition) is 1. The number of pyridine rings is 1. The minimum absolute atomic E-state index is 0.0880. The van der Waals surface area contributed by atoms with Crippen LogP contribution in [0.15, 0.2) is 6.07 Å². The Hall–Kier alpha value is -1.19. The summed E-state index contributed by atoms with van der Waals surface area (Å²) in [5.41, 5.74) is 5.47. The van der Waals surface area contributed by atoms with Crippen molar-refractivity contribution in [3.05, 3.63) is 23.5 Å². The molecule has 0 unspecified atom stereocenters. The first-order chi connectivity index (χ1) is 5.61. The van der Waals surface area contributed by atoms with Gasteiger partial charge in [-0.3, -0.25) is 0 Å². The largest absolute Gasteiger partial charge is 0.398 e. The predicted octanol–water partition coefficient (Wildman–Crippen LogP) is 2.28. The second-order valence-corrected chi connectivity index (χ2v) is 1.95. The topological polar surface area (TPSA) is 38.9 Å². The van der Waals surface area contributed by atoms with Gasteiger partial charge in [0.2, 0.25) is 11.9 Å². The van der Waals surface area contributed by atoms with Crippen LogP contribution in [0.1, 0.15) is 19.4 Å². The molecule has 68 valence electrons. The van der Waals surface area contributed by atoms with Crippen LogP contribution in [0, 0.1) is 18.8 Å². The van der Waals surface area contributed by atoms with E-state index in [0.29, 0.717) is 0 Å². The van der Waals surface area contributed by atoms with E-state index in [2.05, 4.69) is 4.98 Å². The van der Waals surface area contributed by atoms with Crippen LogP contribution in [0.25, 0.3) is 0 Å². The van der Waals surface area contributed by atoms with E-state index in [1.165, 1.54) is 6.92 Å². The smallest absolute Gasteiger partial charge is 0.220 e. The van der Waals surface area contributed by atoms with Gasteiger partial charge in [-0.2, -0.15) is 13.8 Å². The molecule has 1 rings (SSSR count). The highest BCUT2D eigenvalue weighted by Gasteiger charge is 2.04. The monoisotopic (exact) mass is 174 g/mol. The Kier molecular flexibility index (Phi) is 4.18. The van der Waals surface area contributed by atoms with Crippen molar-refractivity contribution < 1.29 is 8.78 Å². The molecule has 0 aliphatic heterocycles. The zero-order valence-electron chi connectivity index (χ0n) is 7.36. The fraction of sp³-hybridized carbons (Fsp3) is 0.375. The van der Waals surface area contributed by atoms with Crippen molar-refractivity contribution in [1.29, 1.82) is 0 Å². The third-order valence-corrected chi connectivity index (χ3v) is 1.22. The van der Waals surface area contributed by atoms with Gasteiger partial charge in [-0.15, -0.1) is 0 Å². The summed E-state index contributed by atoms with van der Waals surface area (Å²) >= 11 is 0. The van der Waals surface area contributed by atoms with E-state index in [1.54, 1.807) is 0 Å². The molecule has 0 spiro atoms. The number of nitrogen functional groups attached to an aromatic ring is 1. The van der Waals surface area contributed by atoms with Gasteiger partial charge in [0.05, 0.1) is 0 Å². The van der Waals surface area contributed by atoms with E-state index in [0.717, 1.165) is 6.07 Å². The molecular weight excluding hydrogens is 162 g/mol. The number of rotatable bonds is 0. The summed E-state index contributed by atoms with van der Waals surface area (Å²) in [6.07, 6.45) is 0. The van der Waals surface area contributed by atoms with E-state index >= 15 is 0 Å². The lowest BCUT2D eigenvalue weighted by Crippen LogP contribution is -1.98. The van der Waals surface area contributed by atoms with E-state index < -0.39 is 11.9 Å². The van der Waals surface area contributed by atoms with Crippen LogP contribution in [0.5, 0.6) is 0 Å². The molecule has 1 heterocycles. The molecule has 0 aliphatic carbocycles. The lowest BCUT2D eigenvalue weighted by Gasteiger charge is -1.98. The van der Waals surface area contributed by atoms with Gasteiger partial charge in [-0.05, 0) is 6.92 Å². The molecule has 0 fully saturated rings. The molecule has 0 bridgehead atoms. The van der Waals surface area contributed by atoms with Gasteiger partial charge in [-0.1, -0.05) is 13.8 Å². The first-order valence-corrected chi connectivity index (χ1v) is 3.69. The molecule has 2 nitrogen and oxygen atoms in total. The molecular formula is C8H12F2N2. The molecule has 1 aromatic rings. The van der Waals surface area contributed by atoms with Gasteiger partial charge >= 0.3 is 0 Å². The number of anilines is 1. The van der Waals surface area contributed by atoms with Crippen molar-refractivity contribution in [2.24, 2.45) is 0 Å². The van der Waals surface area contributed by atoms with Crippen LogP contribution in [-0.4, -0.2) is 4.98 Å². The Bertz CT molecular complexity index is 238. The van der Waals surface area contributed by atoms with Crippen LogP contribution in [0.4, 0.5) is 14.5 Å². The second kappa shape index (κ2) is 4.64. The SMILES string of the molecule is CC.Cc1c(N)cc(F)nc1F. The van der Waals surface area contributed by atoms with Gasteiger partial charge in [0, 0.05) is 17.3 Å². The second-order valence-electron chi connectivity index (χ2n) is 1.95. The fourth-order valence-corrected chi connectivity index (χ4v) is 0.566. The Morgan fingerprint density at radius 3 is 2.25 bits per heavy atom.